The van der Waals surface area contributed by atoms with Crippen LogP contribution in [0, 0.1) is 5.82 Å². The van der Waals surface area contributed by atoms with Crippen LogP contribution in [0.2, 0.25) is 0 Å². The van der Waals surface area contributed by atoms with E-state index in [2.05, 4.69) is 5.32 Å². The molecular weight excluding hydrogens is 279 g/mol. The minimum Gasteiger partial charge on any atom is -0.482 e. The zero-order valence-electron chi connectivity index (χ0n) is 10.4. The van der Waals surface area contributed by atoms with Gasteiger partial charge >= 0.3 is 0 Å². The molecule has 0 unspecified atom stereocenters. The van der Waals surface area contributed by atoms with Gasteiger partial charge in [-0.25, -0.2) is 4.39 Å². The first kappa shape index (κ1) is 12.8. The number of carbonyl (C=O) groups excluding carboxylic acids is 1. The fraction of sp³-hybridized carbons (Fsp3) is 0.0714. The molecule has 3 rings (SSSR count). The molecule has 1 aliphatic heterocycles. The molecule has 0 saturated heterocycles. The summed E-state index contributed by atoms with van der Waals surface area (Å²) in [6, 6.07) is 9.78. The second kappa shape index (κ2) is 5.05. The first-order valence-electron chi connectivity index (χ1n) is 5.92. The summed E-state index contributed by atoms with van der Waals surface area (Å²) in [6.07, 6.45) is 0. The van der Waals surface area contributed by atoms with E-state index >= 15 is 0 Å². The SMILES string of the molecule is Nc1cc2c(cc1Sc1ccccc1F)NC(=O)CO2. The van der Waals surface area contributed by atoms with Gasteiger partial charge < -0.3 is 15.8 Å². The summed E-state index contributed by atoms with van der Waals surface area (Å²) in [4.78, 5) is 12.4. The molecule has 0 atom stereocenters. The average Bonchev–Trinajstić information content (AvgIpc) is 2.42. The second-order valence-corrected chi connectivity index (χ2v) is 5.34. The van der Waals surface area contributed by atoms with Crippen molar-refractivity contribution in [3.05, 3.63) is 42.2 Å². The van der Waals surface area contributed by atoms with Crippen LogP contribution in [-0.4, -0.2) is 12.5 Å². The van der Waals surface area contributed by atoms with Crippen molar-refractivity contribution in [1.82, 2.24) is 0 Å². The highest BCUT2D eigenvalue weighted by Crippen LogP contribution is 2.40. The maximum Gasteiger partial charge on any atom is 0.262 e. The minimum atomic E-state index is -0.310. The number of benzene rings is 2. The van der Waals surface area contributed by atoms with Crippen molar-refractivity contribution in [2.45, 2.75) is 9.79 Å². The molecule has 0 saturated carbocycles. The molecule has 1 amide bonds. The summed E-state index contributed by atoms with van der Waals surface area (Å²) in [6.45, 7) is -0.0216. The number of nitrogens with one attached hydrogen (secondary N) is 1. The second-order valence-electron chi connectivity index (χ2n) is 4.26. The van der Waals surface area contributed by atoms with Crippen LogP contribution in [0.5, 0.6) is 5.75 Å². The van der Waals surface area contributed by atoms with Gasteiger partial charge in [-0.15, -0.1) is 0 Å². The van der Waals surface area contributed by atoms with Crippen LogP contribution in [0.25, 0.3) is 0 Å². The summed E-state index contributed by atoms with van der Waals surface area (Å²) < 4.78 is 18.9. The Morgan fingerprint density at radius 2 is 2.05 bits per heavy atom. The molecule has 0 radical (unpaired) electrons. The Morgan fingerprint density at radius 1 is 1.25 bits per heavy atom. The summed E-state index contributed by atoms with van der Waals surface area (Å²) in [7, 11) is 0. The van der Waals surface area contributed by atoms with Crippen molar-refractivity contribution in [3.63, 3.8) is 0 Å². The van der Waals surface area contributed by atoms with Crippen molar-refractivity contribution < 1.29 is 13.9 Å². The number of nitrogen functional groups attached to an aromatic ring is 1. The van der Waals surface area contributed by atoms with Gasteiger partial charge in [0.2, 0.25) is 0 Å². The Kier molecular flexibility index (Phi) is 3.23. The van der Waals surface area contributed by atoms with Crippen molar-refractivity contribution in [2.24, 2.45) is 0 Å². The number of amides is 1. The number of ether oxygens (including phenoxy) is 1. The maximum atomic E-state index is 13.7. The summed E-state index contributed by atoms with van der Waals surface area (Å²) in [5.74, 6) is -0.000923. The van der Waals surface area contributed by atoms with Crippen LogP contribution >= 0.6 is 11.8 Å². The molecule has 4 nitrogen and oxygen atoms in total. The zero-order valence-corrected chi connectivity index (χ0v) is 11.2. The van der Waals surface area contributed by atoms with E-state index < -0.39 is 0 Å². The monoisotopic (exact) mass is 290 g/mol. The van der Waals surface area contributed by atoms with Crippen LogP contribution in [0.15, 0.2) is 46.2 Å². The van der Waals surface area contributed by atoms with Crippen molar-refractivity contribution in [2.75, 3.05) is 17.7 Å². The fourth-order valence-corrected chi connectivity index (χ4v) is 2.76. The smallest absolute Gasteiger partial charge is 0.262 e. The highest BCUT2D eigenvalue weighted by molar-refractivity contribution is 7.99. The first-order chi connectivity index (χ1) is 9.63. The molecule has 0 bridgehead atoms. The van der Waals surface area contributed by atoms with E-state index in [0.717, 1.165) is 0 Å². The molecule has 6 heteroatoms. The van der Waals surface area contributed by atoms with Crippen LogP contribution in [0.4, 0.5) is 15.8 Å². The van der Waals surface area contributed by atoms with E-state index in [1.54, 1.807) is 30.3 Å². The fourth-order valence-electron chi connectivity index (χ4n) is 1.86. The molecule has 20 heavy (non-hydrogen) atoms. The standard InChI is InChI=1S/C14H11FN2O2S/c15-8-3-1-2-4-12(8)20-13-6-10-11(5-9(13)16)19-7-14(18)17-10/h1-6H,7,16H2,(H,17,18). The lowest BCUT2D eigenvalue weighted by Crippen LogP contribution is -2.25. The molecule has 1 aliphatic rings. The first-order valence-corrected chi connectivity index (χ1v) is 6.73. The molecule has 0 aliphatic carbocycles. The number of anilines is 2. The molecule has 1 heterocycles. The number of hydrogen-bond donors (Lipinski definition) is 2. The number of halogens is 1. The largest absolute Gasteiger partial charge is 0.482 e. The normalized spacial score (nSPS) is 13.3. The zero-order chi connectivity index (χ0) is 14.1. The minimum absolute atomic E-state index is 0.0216. The molecule has 2 aromatic rings. The van der Waals surface area contributed by atoms with Crippen molar-refractivity contribution in [1.29, 1.82) is 0 Å². The van der Waals surface area contributed by atoms with E-state index in [0.29, 0.717) is 26.9 Å². The van der Waals surface area contributed by atoms with E-state index in [1.807, 2.05) is 0 Å². The lowest BCUT2D eigenvalue weighted by Gasteiger charge is -2.19. The Hall–Kier alpha value is -2.21. The molecule has 2 aromatic carbocycles. The molecule has 0 fully saturated rings. The van der Waals surface area contributed by atoms with Gasteiger partial charge in [-0.1, -0.05) is 23.9 Å². The van der Waals surface area contributed by atoms with Gasteiger partial charge in [-0.05, 0) is 18.2 Å². The van der Waals surface area contributed by atoms with Gasteiger partial charge in [0.05, 0.1) is 5.69 Å². The van der Waals surface area contributed by atoms with E-state index in [1.165, 1.54) is 17.8 Å². The van der Waals surface area contributed by atoms with Gasteiger partial charge in [-0.3, -0.25) is 4.79 Å². The van der Waals surface area contributed by atoms with Crippen LogP contribution in [0.3, 0.4) is 0 Å². The Morgan fingerprint density at radius 3 is 2.85 bits per heavy atom. The van der Waals surface area contributed by atoms with Crippen LogP contribution in [-0.2, 0) is 4.79 Å². The quantitative estimate of drug-likeness (QED) is 0.835. The number of carbonyl (C=O) groups is 1. The van der Waals surface area contributed by atoms with E-state index in [9.17, 15) is 9.18 Å². The highest BCUT2D eigenvalue weighted by Gasteiger charge is 2.18. The summed E-state index contributed by atoms with van der Waals surface area (Å²) in [5, 5.41) is 2.70. The molecule has 0 aromatic heterocycles. The van der Waals surface area contributed by atoms with E-state index in [-0.39, 0.29) is 18.3 Å². The average molecular weight is 290 g/mol. The Balaban J connectivity index is 1.96. The topological polar surface area (TPSA) is 64.3 Å². The molecule has 0 spiro atoms. The van der Waals surface area contributed by atoms with Gasteiger partial charge in [0.1, 0.15) is 11.6 Å². The lowest BCUT2D eigenvalue weighted by atomic mass is 10.2. The maximum absolute atomic E-state index is 13.7. The molecular formula is C14H11FN2O2S. The number of rotatable bonds is 2. The third-order valence-electron chi connectivity index (χ3n) is 2.80. The predicted molar refractivity (Wildman–Crippen MR) is 75.5 cm³/mol. The Bertz CT molecular complexity index is 691. The summed E-state index contributed by atoms with van der Waals surface area (Å²) >= 11 is 1.21. The van der Waals surface area contributed by atoms with Gasteiger partial charge in [-0.2, -0.15) is 0 Å². The van der Waals surface area contributed by atoms with Crippen LogP contribution in [0.1, 0.15) is 0 Å². The summed E-state index contributed by atoms with van der Waals surface area (Å²) in [5.41, 5.74) is 6.97. The Labute approximate surface area is 119 Å². The number of hydrogen-bond acceptors (Lipinski definition) is 4. The van der Waals surface area contributed by atoms with Crippen molar-refractivity contribution in [3.8, 4) is 5.75 Å². The van der Waals surface area contributed by atoms with Gasteiger partial charge in [0.25, 0.3) is 5.91 Å². The van der Waals surface area contributed by atoms with E-state index in [4.69, 9.17) is 10.5 Å². The van der Waals surface area contributed by atoms with Gasteiger partial charge in [0.15, 0.2) is 6.61 Å². The number of nitrogens with two attached hydrogens (primary N) is 1. The molecule has 102 valence electrons. The number of fused-ring (bicyclic) bond motifs is 1. The van der Waals surface area contributed by atoms with Gasteiger partial charge in [0, 0.05) is 21.5 Å². The van der Waals surface area contributed by atoms with Crippen molar-refractivity contribution >= 4 is 29.0 Å². The predicted octanol–water partition coefficient (Wildman–Crippen LogP) is 2.89. The third kappa shape index (κ3) is 2.42. The highest BCUT2D eigenvalue weighted by atomic mass is 32.2. The van der Waals surface area contributed by atoms with Crippen LogP contribution < -0.4 is 15.8 Å². The lowest BCUT2D eigenvalue weighted by molar-refractivity contribution is -0.118. The molecule has 3 N–H and O–H groups in total. The third-order valence-corrected chi connectivity index (χ3v) is 3.93.